The molecule has 4 aliphatic rings. The average Bonchev–Trinajstić information content (AvgIpc) is 3.16. The van der Waals surface area contributed by atoms with Crippen molar-refractivity contribution in [3.8, 4) is 0 Å². The molecule has 0 radical (unpaired) electrons. The standard InChI is InChI=1S/C21H31N4O6S2/c1-24(15-2-7-30-8-3-15)19-18-17(4-9-32(18)27)22-21(23-19)25-12-16(13-25)31-20(26)14-5-10-33(28,29)11-6-14/h14-16,27H,2-13H2,1H3/q+1. The Morgan fingerprint density at radius 2 is 1.88 bits per heavy atom. The number of carbonyl (C=O) groups is 1. The minimum Gasteiger partial charge on any atom is -0.458 e. The van der Waals surface area contributed by atoms with Gasteiger partial charge in [-0.05, 0) is 25.7 Å². The third kappa shape index (κ3) is 4.80. The van der Waals surface area contributed by atoms with Crippen LogP contribution in [0.3, 0.4) is 0 Å². The van der Waals surface area contributed by atoms with E-state index in [1.807, 2.05) is 11.9 Å². The summed E-state index contributed by atoms with van der Waals surface area (Å²) < 4.78 is 44.9. The molecule has 1 unspecified atom stereocenters. The lowest BCUT2D eigenvalue weighted by Gasteiger charge is -2.39. The Hall–Kier alpha value is -1.63. The zero-order valence-electron chi connectivity index (χ0n) is 18.8. The Bertz CT molecular complexity index is 996. The molecule has 3 fully saturated rings. The van der Waals surface area contributed by atoms with Crippen LogP contribution in [0.1, 0.15) is 31.4 Å². The van der Waals surface area contributed by atoms with Gasteiger partial charge in [0, 0.05) is 32.7 Å². The number of anilines is 2. The SMILES string of the molecule is CN(c1nc(N2CC(OC(=O)C3CCS(=O)(=O)CC3)C2)nc2c1[S+](O)CC2)C1CCOCC1. The molecular weight excluding hydrogens is 468 g/mol. The van der Waals surface area contributed by atoms with E-state index >= 15 is 0 Å². The maximum atomic E-state index is 12.5. The van der Waals surface area contributed by atoms with Gasteiger partial charge in [0.05, 0.1) is 30.5 Å². The van der Waals surface area contributed by atoms with E-state index in [0.717, 1.165) is 48.9 Å². The third-order valence-electron chi connectivity index (χ3n) is 7.05. The summed E-state index contributed by atoms with van der Waals surface area (Å²) in [6, 6.07) is 0.313. The van der Waals surface area contributed by atoms with Crippen molar-refractivity contribution in [2.24, 2.45) is 5.92 Å². The number of hydrogen-bond donors (Lipinski definition) is 1. The van der Waals surface area contributed by atoms with Crippen molar-refractivity contribution in [1.82, 2.24) is 9.97 Å². The number of aromatic nitrogens is 2. The summed E-state index contributed by atoms with van der Waals surface area (Å²) in [5.74, 6) is 1.58. The lowest BCUT2D eigenvalue weighted by atomic mass is 10.0. The smallest absolute Gasteiger partial charge is 0.309 e. The second-order valence-corrected chi connectivity index (χ2v) is 13.1. The Kier molecular flexibility index (Phi) is 6.45. The molecule has 10 nitrogen and oxygen atoms in total. The molecule has 182 valence electrons. The summed E-state index contributed by atoms with van der Waals surface area (Å²) in [6.45, 7) is 2.49. The number of ether oxygens (including phenoxy) is 2. The lowest BCUT2D eigenvalue weighted by molar-refractivity contribution is -0.155. The number of nitrogens with zero attached hydrogens (tertiary/aromatic N) is 4. The summed E-state index contributed by atoms with van der Waals surface area (Å²) in [5.41, 5.74) is 0.906. The number of carbonyl (C=O) groups excluding carboxylic acids is 1. The van der Waals surface area contributed by atoms with E-state index in [2.05, 4.69) is 4.90 Å². The van der Waals surface area contributed by atoms with Crippen molar-refractivity contribution in [3.05, 3.63) is 5.69 Å². The van der Waals surface area contributed by atoms with Crippen LogP contribution in [-0.2, 0) is 41.7 Å². The Morgan fingerprint density at radius 1 is 1.18 bits per heavy atom. The van der Waals surface area contributed by atoms with E-state index in [1.54, 1.807) is 0 Å². The molecule has 0 saturated carbocycles. The van der Waals surface area contributed by atoms with Crippen LogP contribution >= 0.6 is 0 Å². The van der Waals surface area contributed by atoms with Crippen molar-refractivity contribution >= 4 is 38.7 Å². The predicted octanol–water partition coefficient (Wildman–Crippen LogP) is 0.655. The van der Waals surface area contributed by atoms with Crippen molar-refractivity contribution < 1.29 is 27.2 Å². The second-order valence-electron chi connectivity index (χ2n) is 9.29. The number of esters is 1. The van der Waals surface area contributed by atoms with Gasteiger partial charge in [-0.2, -0.15) is 9.54 Å². The van der Waals surface area contributed by atoms with Gasteiger partial charge in [0.15, 0.2) is 22.7 Å². The molecule has 1 N–H and O–H groups in total. The van der Waals surface area contributed by atoms with Gasteiger partial charge in [0.2, 0.25) is 5.95 Å². The maximum absolute atomic E-state index is 12.5. The van der Waals surface area contributed by atoms with Gasteiger partial charge in [0.1, 0.15) is 21.6 Å². The minimum atomic E-state index is -3.00. The fourth-order valence-electron chi connectivity index (χ4n) is 4.87. The Morgan fingerprint density at radius 3 is 2.58 bits per heavy atom. The van der Waals surface area contributed by atoms with Crippen LogP contribution in [0.4, 0.5) is 11.8 Å². The van der Waals surface area contributed by atoms with E-state index in [4.69, 9.17) is 19.4 Å². The Balaban J connectivity index is 1.25. The molecule has 0 spiro atoms. The van der Waals surface area contributed by atoms with Crippen molar-refractivity contribution in [1.29, 1.82) is 0 Å². The molecule has 0 bridgehead atoms. The van der Waals surface area contributed by atoms with Crippen LogP contribution in [0.5, 0.6) is 0 Å². The lowest BCUT2D eigenvalue weighted by Crippen LogP contribution is -2.54. The molecule has 4 aliphatic heterocycles. The molecule has 1 aromatic heterocycles. The largest absolute Gasteiger partial charge is 0.458 e. The van der Waals surface area contributed by atoms with Gasteiger partial charge in [-0.1, -0.05) is 0 Å². The highest BCUT2D eigenvalue weighted by Gasteiger charge is 2.42. The van der Waals surface area contributed by atoms with Gasteiger partial charge in [0.25, 0.3) is 4.90 Å². The van der Waals surface area contributed by atoms with Gasteiger partial charge >= 0.3 is 5.97 Å². The number of fused-ring (bicyclic) bond motifs is 1. The van der Waals surface area contributed by atoms with Gasteiger partial charge in [-0.15, -0.1) is 0 Å². The van der Waals surface area contributed by atoms with E-state index in [0.29, 0.717) is 43.7 Å². The zero-order chi connectivity index (χ0) is 23.2. The molecule has 12 heteroatoms. The number of hydrogen-bond acceptors (Lipinski definition) is 10. The van der Waals surface area contributed by atoms with E-state index in [9.17, 15) is 17.8 Å². The average molecular weight is 500 g/mol. The normalized spacial score (nSPS) is 26.0. The van der Waals surface area contributed by atoms with Crippen LogP contribution in [0.15, 0.2) is 4.90 Å². The summed E-state index contributed by atoms with van der Waals surface area (Å²) in [7, 11) is -0.973. The van der Waals surface area contributed by atoms with E-state index < -0.39 is 21.0 Å². The summed E-state index contributed by atoms with van der Waals surface area (Å²) in [5, 5.41) is 0. The molecule has 0 amide bonds. The fraction of sp³-hybridized carbons (Fsp3) is 0.762. The minimum absolute atomic E-state index is 0.0580. The first-order valence-electron chi connectivity index (χ1n) is 11.6. The quantitative estimate of drug-likeness (QED) is 0.456. The molecule has 3 saturated heterocycles. The first-order valence-corrected chi connectivity index (χ1v) is 14.8. The molecule has 1 aromatic rings. The molecular formula is C21H31N4O6S2+. The Labute approximate surface area is 197 Å². The first kappa shape index (κ1) is 23.1. The van der Waals surface area contributed by atoms with Crippen LogP contribution in [0, 0.1) is 5.92 Å². The third-order valence-corrected chi connectivity index (χ3v) is 10.2. The first-order chi connectivity index (χ1) is 15.8. The van der Waals surface area contributed by atoms with E-state index in [-0.39, 0.29) is 29.5 Å². The monoisotopic (exact) mass is 499 g/mol. The summed E-state index contributed by atoms with van der Waals surface area (Å²) in [4.78, 5) is 27.1. The summed E-state index contributed by atoms with van der Waals surface area (Å²) in [6.07, 6.45) is 3.03. The highest BCUT2D eigenvalue weighted by Crippen LogP contribution is 2.36. The highest BCUT2D eigenvalue weighted by atomic mass is 32.2. The number of sulfone groups is 1. The highest BCUT2D eigenvalue weighted by molar-refractivity contribution is 7.92. The van der Waals surface area contributed by atoms with Crippen molar-refractivity contribution in [2.45, 2.75) is 49.1 Å². The second kappa shape index (κ2) is 9.20. The number of aryl methyl sites for hydroxylation is 1. The maximum Gasteiger partial charge on any atom is 0.309 e. The molecule has 0 aliphatic carbocycles. The van der Waals surface area contributed by atoms with Crippen LogP contribution < -0.4 is 9.80 Å². The van der Waals surface area contributed by atoms with Crippen LogP contribution in [0.2, 0.25) is 0 Å². The predicted molar refractivity (Wildman–Crippen MR) is 125 cm³/mol. The molecule has 33 heavy (non-hydrogen) atoms. The van der Waals surface area contributed by atoms with Gasteiger partial charge in [-0.3, -0.25) is 4.79 Å². The molecule has 5 heterocycles. The fourth-order valence-corrected chi connectivity index (χ4v) is 7.77. The molecule has 5 rings (SSSR count). The van der Waals surface area contributed by atoms with Gasteiger partial charge < -0.3 is 19.3 Å². The topological polar surface area (TPSA) is 122 Å². The molecule has 1 atom stereocenters. The summed E-state index contributed by atoms with van der Waals surface area (Å²) >= 11 is -0.842. The zero-order valence-corrected chi connectivity index (χ0v) is 20.4. The van der Waals surface area contributed by atoms with Crippen molar-refractivity contribution in [2.75, 3.05) is 60.4 Å². The van der Waals surface area contributed by atoms with Crippen LogP contribution in [0.25, 0.3) is 0 Å². The van der Waals surface area contributed by atoms with Crippen molar-refractivity contribution in [3.63, 3.8) is 0 Å². The van der Waals surface area contributed by atoms with Gasteiger partial charge in [-0.25, -0.2) is 13.4 Å². The molecule has 0 aromatic carbocycles. The number of rotatable bonds is 5. The van der Waals surface area contributed by atoms with E-state index in [1.165, 1.54) is 0 Å². The van der Waals surface area contributed by atoms with Crippen LogP contribution in [-0.4, -0.2) is 91.7 Å².